The number of methoxy groups -OCH3 is 1. The number of aryl methyl sites for hydroxylation is 1. The Kier molecular flexibility index (Phi) is 5.26. The number of benzene rings is 2. The lowest BCUT2D eigenvalue weighted by Crippen LogP contribution is -2.30. The molecule has 0 radical (unpaired) electrons. The van der Waals surface area contributed by atoms with Gasteiger partial charge < -0.3 is 9.64 Å². The van der Waals surface area contributed by atoms with Gasteiger partial charge in [0.25, 0.3) is 5.56 Å². The van der Waals surface area contributed by atoms with Crippen molar-refractivity contribution in [2.24, 2.45) is 0 Å². The van der Waals surface area contributed by atoms with Gasteiger partial charge in [0.15, 0.2) is 0 Å². The van der Waals surface area contributed by atoms with Crippen molar-refractivity contribution in [2.75, 3.05) is 14.2 Å². The predicted octanol–water partition coefficient (Wildman–Crippen LogP) is 1.85. The van der Waals surface area contributed by atoms with Gasteiger partial charge in [0.1, 0.15) is 11.3 Å². The second-order valence-electron chi connectivity index (χ2n) is 5.98. The fraction of sp³-hybridized carbons (Fsp3) is 0.263. The first kappa shape index (κ1) is 17.6. The maximum absolute atomic E-state index is 12.4. The van der Waals surface area contributed by atoms with Crippen molar-refractivity contribution in [1.82, 2.24) is 19.9 Å². The summed E-state index contributed by atoms with van der Waals surface area (Å²) in [5.74, 6) is 0.708. The zero-order valence-electron chi connectivity index (χ0n) is 14.8. The molecule has 0 aliphatic rings. The van der Waals surface area contributed by atoms with Gasteiger partial charge in [-0.15, -0.1) is 5.10 Å². The quantitative estimate of drug-likeness (QED) is 0.677. The summed E-state index contributed by atoms with van der Waals surface area (Å²) in [7, 11) is 3.35. The average Bonchev–Trinajstić information content (AvgIpc) is 2.68. The molecule has 0 unspecified atom stereocenters. The minimum Gasteiger partial charge on any atom is -0.497 e. The number of carbonyl (C=O) groups is 1. The lowest BCUT2D eigenvalue weighted by atomic mass is 10.2. The van der Waals surface area contributed by atoms with Crippen LogP contribution < -0.4 is 10.3 Å². The first-order valence-electron chi connectivity index (χ1n) is 8.28. The molecule has 1 aromatic heterocycles. The van der Waals surface area contributed by atoms with Crippen LogP contribution in [0.15, 0.2) is 53.3 Å². The minimum atomic E-state index is -0.235. The van der Waals surface area contributed by atoms with Crippen LogP contribution in [0, 0.1) is 0 Å². The highest BCUT2D eigenvalue weighted by molar-refractivity contribution is 5.77. The van der Waals surface area contributed by atoms with Crippen molar-refractivity contribution in [1.29, 1.82) is 0 Å². The van der Waals surface area contributed by atoms with Crippen LogP contribution in [-0.4, -0.2) is 40.0 Å². The molecular formula is C19H20N4O3. The van der Waals surface area contributed by atoms with Gasteiger partial charge in [0.2, 0.25) is 5.91 Å². The monoisotopic (exact) mass is 352 g/mol. The highest BCUT2D eigenvalue weighted by Gasteiger charge is 2.12. The van der Waals surface area contributed by atoms with Gasteiger partial charge >= 0.3 is 0 Å². The Morgan fingerprint density at radius 1 is 1.15 bits per heavy atom. The Hall–Kier alpha value is -3.22. The molecule has 0 aliphatic heterocycles. The van der Waals surface area contributed by atoms with Gasteiger partial charge in [-0.25, -0.2) is 4.68 Å². The molecule has 3 aromatic rings. The van der Waals surface area contributed by atoms with Gasteiger partial charge in [-0.1, -0.05) is 29.5 Å². The summed E-state index contributed by atoms with van der Waals surface area (Å²) in [4.78, 5) is 26.4. The highest BCUT2D eigenvalue weighted by Crippen LogP contribution is 2.13. The van der Waals surface area contributed by atoms with Crippen LogP contribution in [0.5, 0.6) is 5.75 Å². The molecule has 0 saturated carbocycles. The van der Waals surface area contributed by atoms with E-state index in [4.69, 9.17) is 4.74 Å². The van der Waals surface area contributed by atoms with Gasteiger partial charge in [0, 0.05) is 20.0 Å². The number of rotatable bonds is 6. The van der Waals surface area contributed by atoms with Crippen LogP contribution in [0.3, 0.4) is 0 Å². The maximum Gasteiger partial charge on any atom is 0.277 e. The third-order valence-corrected chi connectivity index (χ3v) is 4.17. The second-order valence-corrected chi connectivity index (χ2v) is 5.98. The lowest BCUT2D eigenvalue weighted by Gasteiger charge is -2.17. The van der Waals surface area contributed by atoms with E-state index >= 15 is 0 Å². The number of nitrogens with zero attached hydrogens (tertiary/aromatic N) is 4. The smallest absolute Gasteiger partial charge is 0.277 e. The Balaban J connectivity index is 1.62. The first-order chi connectivity index (χ1) is 12.6. The SMILES string of the molecule is COc1ccc(CN(C)C(=O)CCn2nnc3ccccc3c2=O)cc1. The summed E-state index contributed by atoms with van der Waals surface area (Å²) < 4.78 is 6.36. The van der Waals surface area contributed by atoms with Crippen molar-refractivity contribution < 1.29 is 9.53 Å². The zero-order valence-corrected chi connectivity index (χ0v) is 14.8. The molecule has 134 valence electrons. The summed E-state index contributed by atoms with van der Waals surface area (Å²) in [6.45, 7) is 0.684. The first-order valence-corrected chi connectivity index (χ1v) is 8.28. The highest BCUT2D eigenvalue weighted by atomic mass is 16.5. The van der Waals surface area contributed by atoms with E-state index in [1.54, 1.807) is 43.3 Å². The summed E-state index contributed by atoms with van der Waals surface area (Å²) >= 11 is 0. The molecule has 3 rings (SSSR count). The van der Waals surface area contributed by atoms with Crippen molar-refractivity contribution >= 4 is 16.8 Å². The van der Waals surface area contributed by atoms with Crippen LogP contribution >= 0.6 is 0 Å². The molecule has 0 saturated heterocycles. The molecule has 2 aromatic carbocycles. The fourth-order valence-corrected chi connectivity index (χ4v) is 2.66. The summed E-state index contributed by atoms with van der Waals surface area (Å²) in [6.07, 6.45) is 0.180. The normalized spacial score (nSPS) is 10.7. The standard InChI is InChI=1S/C19H20N4O3/c1-22(13-14-7-9-15(26-2)10-8-14)18(24)11-12-23-19(25)16-5-3-4-6-17(16)20-21-23/h3-10H,11-13H2,1-2H3. The van der Waals surface area contributed by atoms with Crippen LogP contribution in [0.25, 0.3) is 10.9 Å². The van der Waals surface area contributed by atoms with Gasteiger partial charge in [0.05, 0.1) is 19.0 Å². The van der Waals surface area contributed by atoms with Gasteiger partial charge in [-0.3, -0.25) is 9.59 Å². The Labute approximate surface area is 150 Å². The van der Waals surface area contributed by atoms with Crippen LogP contribution in [-0.2, 0) is 17.9 Å². The number of fused-ring (bicyclic) bond motifs is 1. The topological polar surface area (TPSA) is 77.3 Å². The molecule has 0 aliphatic carbocycles. The molecule has 0 N–H and O–H groups in total. The van der Waals surface area contributed by atoms with E-state index in [1.165, 1.54) is 4.68 Å². The van der Waals surface area contributed by atoms with Crippen molar-refractivity contribution in [2.45, 2.75) is 19.5 Å². The van der Waals surface area contributed by atoms with Gasteiger partial charge in [-0.2, -0.15) is 0 Å². The molecule has 26 heavy (non-hydrogen) atoms. The third kappa shape index (κ3) is 3.88. The van der Waals surface area contributed by atoms with Crippen molar-refractivity contribution in [3.05, 3.63) is 64.4 Å². The molecule has 0 bridgehead atoms. The molecule has 7 nitrogen and oxygen atoms in total. The molecule has 0 atom stereocenters. The van der Waals surface area contributed by atoms with E-state index in [0.717, 1.165) is 11.3 Å². The van der Waals surface area contributed by atoms with E-state index in [1.807, 2.05) is 24.3 Å². The number of hydrogen-bond acceptors (Lipinski definition) is 5. The van der Waals surface area contributed by atoms with Gasteiger partial charge in [-0.05, 0) is 29.8 Å². The maximum atomic E-state index is 12.4. The molecule has 1 amide bonds. The predicted molar refractivity (Wildman–Crippen MR) is 97.9 cm³/mol. The van der Waals surface area contributed by atoms with E-state index < -0.39 is 0 Å². The minimum absolute atomic E-state index is 0.0670. The summed E-state index contributed by atoms with van der Waals surface area (Å²) in [5, 5.41) is 8.44. The zero-order chi connectivity index (χ0) is 18.5. The Bertz CT molecular complexity index is 966. The van der Waals surface area contributed by atoms with E-state index in [0.29, 0.717) is 17.4 Å². The Morgan fingerprint density at radius 2 is 1.88 bits per heavy atom. The molecular weight excluding hydrogens is 332 g/mol. The molecule has 0 spiro atoms. The number of aromatic nitrogens is 3. The van der Waals surface area contributed by atoms with Crippen LogP contribution in [0.4, 0.5) is 0 Å². The molecule has 1 heterocycles. The average molecular weight is 352 g/mol. The van der Waals surface area contributed by atoms with Crippen molar-refractivity contribution in [3.63, 3.8) is 0 Å². The largest absolute Gasteiger partial charge is 0.497 e. The van der Waals surface area contributed by atoms with Crippen LogP contribution in [0.1, 0.15) is 12.0 Å². The number of amides is 1. The third-order valence-electron chi connectivity index (χ3n) is 4.17. The van der Waals surface area contributed by atoms with Crippen molar-refractivity contribution in [3.8, 4) is 5.75 Å². The molecule has 0 fully saturated rings. The van der Waals surface area contributed by atoms with E-state index in [9.17, 15) is 9.59 Å². The molecule has 7 heteroatoms. The summed E-state index contributed by atoms with van der Waals surface area (Å²) in [6, 6.07) is 14.6. The number of ether oxygens (including phenoxy) is 1. The van der Waals surface area contributed by atoms with Crippen LogP contribution in [0.2, 0.25) is 0 Å². The Morgan fingerprint density at radius 3 is 2.62 bits per heavy atom. The lowest BCUT2D eigenvalue weighted by molar-refractivity contribution is -0.130. The summed E-state index contributed by atoms with van der Waals surface area (Å²) in [5.41, 5.74) is 1.32. The fourth-order valence-electron chi connectivity index (χ4n) is 2.66. The second kappa shape index (κ2) is 7.77. The number of carbonyl (C=O) groups excluding carboxylic acids is 1. The number of hydrogen-bond donors (Lipinski definition) is 0. The van der Waals surface area contributed by atoms with E-state index in [2.05, 4.69) is 10.3 Å². The van der Waals surface area contributed by atoms with E-state index in [-0.39, 0.29) is 24.4 Å².